The van der Waals surface area contributed by atoms with Gasteiger partial charge >= 0.3 is 5.97 Å². The first kappa shape index (κ1) is 12.4. The van der Waals surface area contributed by atoms with E-state index in [0.717, 1.165) is 22.3 Å². The zero-order valence-electron chi connectivity index (χ0n) is 10.2. The summed E-state index contributed by atoms with van der Waals surface area (Å²) in [5, 5.41) is 0.974. The van der Waals surface area contributed by atoms with Crippen LogP contribution >= 0.6 is 0 Å². The fourth-order valence-corrected chi connectivity index (χ4v) is 1.68. The van der Waals surface area contributed by atoms with Crippen molar-refractivity contribution < 1.29 is 13.9 Å². The third-order valence-electron chi connectivity index (χ3n) is 2.49. The van der Waals surface area contributed by atoms with Crippen LogP contribution in [0.5, 0.6) is 0 Å². The molecular formula is C14H15NO3. The molecule has 0 atom stereocenters. The van der Waals surface area contributed by atoms with Gasteiger partial charge < -0.3 is 14.9 Å². The molecule has 18 heavy (non-hydrogen) atoms. The zero-order valence-corrected chi connectivity index (χ0v) is 10.2. The van der Waals surface area contributed by atoms with Crippen LogP contribution in [0.25, 0.3) is 17.0 Å². The number of carbonyl (C=O) groups is 1. The molecule has 0 aliphatic heterocycles. The maximum absolute atomic E-state index is 11.2. The van der Waals surface area contributed by atoms with Crippen LogP contribution in [-0.4, -0.2) is 12.6 Å². The molecule has 0 saturated heterocycles. The van der Waals surface area contributed by atoms with Crippen LogP contribution in [-0.2, 0) is 16.1 Å². The van der Waals surface area contributed by atoms with Crippen molar-refractivity contribution in [2.75, 3.05) is 6.61 Å². The molecule has 0 aliphatic carbocycles. The highest BCUT2D eigenvalue weighted by Gasteiger charge is 2.02. The average molecular weight is 245 g/mol. The number of nitrogens with two attached hydrogens (primary N) is 1. The molecule has 4 nitrogen and oxygen atoms in total. The van der Waals surface area contributed by atoms with Crippen LogP contribution in [0.1, 0.15) is 18.2 Å². The van der Waals surface area contributed by atoms with Crippen molar-refractivity contribution in [2.24, 2.45) is 5.73 Å². The predicted molar refractivity (Wildman–Crippen MR) is 69.8 cm³/mol. The summed E-state index contributed by atoms with van der Waals surface area (Å²) < 4.78 is 10.3. The van der Waals surface area contributed by atoms with E-state index < -0.39 is 0 Å². The molecule has 0 saturated carbocycles. The third kappa shape index (κ3) is 2.78. The Labute approximate surface area is 105 Å². The fourth-order valence-electron chi connectivity index (χ4n) is 1.68. The Morgan fingerprint density at radius 3 is 3.00 bits per heavy atom. The lowest BCUT2D eigenvalue weighted by molar-refractivity contribution is -0.137. The Hall–Kier alpha value is -2.07. The fraction of sp³-hybridized carbons (Fsp3) is 0.214. The van der Waals surface area contributed by atoms with E-state index in [9.17, 15) is 4.79 Å². The normalized spacial score (nSPS) is 11.2. The van der Waals surface area contributed by atoms with Gasteiger partial charge in [0.25, 0.3) is 0 Å². The van der Waals surface area contributed by atoms with Crippen molar-refractivity contribution in [1.29, 1.82) is 0 Å². The highest BCUT2D eigenvalue weighted by molar-refractivity contribution is 5.88. The van der Waals surface area contributed by atoms with Gasteiger partial charge in [0.1, 0.15) is 11.3 Å². The lowest BCUT2D eigenvalue weighted by atomic mass is 10.1. The van der Waals surface area contributed by atoms with Gasteiger partial charge in [-0.1, -0.05) is 6.07 Å². The second kappa shape index (κ2) is 5.51. The van der Waals surface area contributed by atoms with Gasteiger partial charge in [-0.3, -0.25) is 0 Å². The molecule has 2 rings (SSSR count). The number of esters is 1. The third-order valence-corrected chi connectivity index (χ3v) is 2.49. The molecule has 0 fully saturated rings. The van der Waals surface area contributed by atoms with Crippen molar-refractivity contribution in [3.8, 4) is 0 Å². The first-order valence-electron chi connectivity index (χ1n) is 5.80. The SMILES string of the molecule is CCOC(=O)/C=C/c1ccc2oc(CN)cc2c1. The van der Waals surface area contributed by atoms with E-state index in [1.807, 2.05) is 24.3 Å². The highest BCUT2D eigenvalue weighted by atomic mass is 16.5. The molecule has 4 heteroatoms. The van der Waals surface area contributed by atoms with Gasteiger partial charge in [-0.2, -0.15) is 0 Å². The molecule has 2 aromatic rings. The molecule has 1 aromatic carbocycles. The largest absolute Gasteiger partial charge is 0.463 e. The van der Waals surface area contributed by atoms with Crippen molar-refractivity contribution >= 4 is 23.0 Å². The molecule has 1 aromatic heterocycles. The average Bonchev–Trinajstić information content (AvgIpc) is 2.78. The highest BCUT2D eigenvalue weighted by Crippen LogP contribution is 2.21. The maximum Gasteiger partial charge on any atom is 0.330 e. The molecule has 0 radical (unpaired) electrons. The summed E-state index contributed by atoms with van der Waals surface area (Å²) in [5.74, 6) is 0.406. The molecule has 0 bridgehead atoms. The Balaban J connectivity index is 2.21. The van der Waals surface area contributed by atoms with Crippen molar-refractivity contribution in [3.63, 3.8) is 0 Å². The second-order valence-electron chi connectivity index (χ2n) is 3.80. The van der Waals surface area contributed by atoms with Gasteiger partial charge in [0, 0.05) is 11.5 Å². The van der Waals surface area contributed by atoms with Crippen molar-refractivity contribution in [3.05, 3.63) is 41.7 Å². The zero-order chi connectivity index (χ0) is 13.0. The molecule has 0 aliphatic rings. The van der Waals surface area contributed by atoms with E-state index in [1.54, 1.807) is 13.0 Å². The number of ether oxygens (including phenoxy) is 1. The van der Waals surface area contributed by atoms with Gasteiger partial charge in [-0.05, 0) is 36.8 Å². The summed E-state index contributed by atoms with van der Waals surface area (Å²) >= 11 is 0. The van der Waals surface area contributed by atoms with Gasteiger partial charge in [0.15, 0.2) is 0 Å². The second-order valence-corrected chi connectivity index (χ2v) is 3.80. The number of fused-ring (bicyclic) bond motifs is 1. The molecule has 0 unspecified atom stereocenters. The van der Waals surface area contributed by atoms with Gasteiger partial charge in [0.2, 0.25) is 0 Å². The summed E-state index contributed by atoms with van der Waals surface area (Å²) in [7, 11) is 0. The van der Waals surface area contributed by atoms with Gasteiger partial charge in [-0.25, -0.2) is 4.79 Å². The number of hydrogen-bond acceptors (Lipinski definition) is 4. The molecule has 2 N–H and O–H groups in total. The minimum Gasteiger partial charge on any atom is -0.463 e. The topological polar surface area (TPSA) is 65.5 Å². The minimum atomic E-state index is -0.340. The summed E-state index contributed by atoms with van der Waals surface area (Å²) in [6, 6.07) is 7.58. The molecular weight excluding hydrogens is 230 g/mol. The minimum absolute atomic E-state index is 0.340. The van der Waals surface area contributed by atoms with Crippen LogP contribution in [0.15, 0.2) is 34.8 Å². The summed E-state index contributed by atoms with van der Waals surface area (Å²) in [6.07, 6.45) is 3.13. The Kier molecular flexibility index (Phi) is 3.79. The van der Waals surface area contributed by atoms with E-state index in [-0.39, 0.29) is 5.97 Å². The number of hydrogen-bond donors (Lipinski definition) is 1. The molecule has 94 valence electrons. The maximum atomic E-state index is 11.2. The van der Waals surface area contributed by atoms with Crippen LogP contribution in [0.4, 0.5) is 0 Å². The summed E-state index contributed by atoms with van der Waals surface area (Å²) in [6.45, 7) is 2.53. The van der Waals surface area contributed by atoms with Gasteiger partial charge in [-0.15, -0.1) is 0 Å². The summed E-state index contributed by atoms with van der Waals surface area (Å²) in [5.41, 5.74) is 7.23. The quantitative estimate of drug-likeness (QED) is 0.663. The van der Waals surface area contributed by atoms with Gasteiger partial charge in [0.05, 0.1) is 13.2 Å². The number of furan rings is 1. The van der Waals surface area contributed by atoms with Crippen LogP contribution in [0.2, 0.25) is 0 Å². The lowest BCUT2D eigenvalue weighted by Gasteiger charge is -1.95. The first-order valence-corrected chi connectivity index (χ1v) is 5.80. The smallest absolute Gasteiger partial charge is 0.330 e. The monoisotopic (exact) mass is 245 g/mol. The Morgan fingerprint density at radius 1 is 1.44 bits per heavy atom. The standard InChI is InChI=1S/C14H15NO3/c1-2-17-14(16)6-4-10-3-5-13-11(7-10)8-12(9-15)18-13/h3-8H,2,9,15H2,1H3/b6-4+. The van der Waals surface area contributed by atoms with E-state index >= 15 is 0 Å². The van der Waals surface area contributed by atoms with E-state index in [1.165, 1.54) is 6.08 Å². The Morgan fingerprint density at radius 2 is 2.28 bits per heavy atom. The first-order chi connectivity index (χ1) is 8.72. The summed E-state index contributed by atoms with van der Waals surface area (Å²) in [4.78, 5) is 11.2. The number of carbonyl (C=O) groups excluding carboxylic acids is 1. The molecule has 0 spiro atoms. The molecule has 1 heterocycles. The van der Waals surface area contributed by atoms with E-state index in [2.05, 4.69) is 0 Å². The predicted octanol–water partition coefficient (Wildman–Crippen LogP) is 2.47. The lowest BCUT2D eigenvalue weighted by Crippen LogP contribution is -1.98. The van der Waals surface area contributed by atoms with Crippen molar-refractivity contribution in [2.45, 2.75) is 13.5 Å². The van der Waals surface area contributed by atoms with E-state index in [0.29, 0.717) is 13.2 Å². The number of rotatable bonds is 4. The van der Waals surface area contributed by atoms with Crippen LogP contribution in [0.3, 0.4) is 0 Å². The molecule has 0 amide bonds. The number of benzene rings is 1. The Bertz CT molecular complexity index is 584. The van der Waals surface area contributed by atoms with Crippen LogP contribution in [0, 0.1) is 0 Å². The van der Waals surface area contributed by atoms with Crippen LogP contribution < -0.4 is 5.73 Å². The van der Waals surface area contributed by atoms with Crippen molar-refractivity contribution in [1.82, 2.24) is 0 Å². The van der Waals surface area contributed by atoms with E-state index in [4.69, 9.17) is 14.9 Å².